The van der Waals surface area contributed by atoms with Gasteiger partial charge in [0.25, 0.3) is 0 Å². The zero-order chi connectivity index (χ0) is 2.71. The van der Waals surface area contributed by atoms with Crippen LogP contribution in [-0.2, 0) is 0 Å². The van der Waals surface area contributed by atoms with E-state index < -0.39 is 0 Å². The predicted octanol–water partition coefficient (Wildman–Crippen LogP) is -1.14. The Morgan fingerprint density at radius 1 is 1.17 bits per heavy atom. The largest absolute Gasteiger partial charge is 0.397 e. The summed E-state index contributed by atoms with van der Waals surface area (Å²) in [6.07, 6.45) is 0. The summed E-state index contributed by atoms with van der Waals surface area (Å²) < 4.78 is 0. The van der Waals surface area contributed by atoms with Crippen LogP contribution in [-0.4, -0.2) is 100 Å². The first-order chi connectivity index (χ1) is 1.41. The first kappa shape index (κ1) is 23.1. The van der Waals surface area contributed by atoms with Gasteiger partial charge in [-0.05, 0) is 6.92 Å². The first-order valence-electron chi connectivity index (χ1n) is 1.02. The van der Waals surface area contributed by atoms with E-state index in [0.717, 1.165) is 0 Å². The van der Waals surface area contributed by atoms with Crippen molar-refractivity contribution in [2.45, 2.75) is 6.92 Å². The molecule has 0 aromatic rings. The van der Waals surface area contributed by atoms with Crippen molar-refractivity contribution in [3.05, 3.63) is 0 Å². The fourth-order valence-electron chi connectivity index (χ4n) is 0. The smallest absolute Gasteiger partial charge is 0.0402 e. The molecule has 0 saturated carbocycles. The molecule has 0 unspecified atom stereocenters. The SMILES string of the molecule is CCO.[Na].[Na].[Na]. The van der Waals surface area contributed by atoms with Crippen molar-refractivity contribution in [2.24, 2.45) is 0 Å². The zero-order valence-corrected chi connectivity index (χ0v) is 11.2. The van der Waals surface area contributed by atoms with Gasteiger partial charge in [-0.15, -0.1) is 0 Å². The Morgan fingerprint density at radius 3 is 1.17 bits per heavy atom. The third-order valence-corrected chi connectivity index (χ3v) is 0. The van der Waals surface area contributed by atoms with Crippen LogP contribution < -0.4 is 0 Å². The van der Waals surface area contributed by atoms with E-state index in [1.165, 1.54) is 0 Å². The van der Waals surface area contributed by atoms with E-state index in [-0.39, 0.29) is 95.3 Å². The average molecular weight is 115 g/mol. The summed E-state index contributed by atoms with van der Waals surface area (Å²) in [6.45, 7) is 1.93. The van der Waals surface area contributed by atoms with Crippen molar-refractivity contribution >= 4 is 88.7 Å². The molecule has 0 atom stereocenters. The molecule has 0 saturated heterocycles. The molecule has 23 valence electrons. The van der Waals surface area contributed by atoms with Crippen molar-refractivity contribution < 1.29 is 5.11 Å². The second-order valence-electron chi connectivity index (χ2n) is 0.316. The van der Waals surface area contributed by atoms with Gasteiger partial charge in [0, 0.05) is 95.3 Å². The maximum atomic E-state index is 7.57. The normalized spacial score (nSPS) is 3.00. The Balaban J connectivity index is -0.00000000667. The molecule has 0 aromatic heterocycles. The summed E-state index contributed by atoms with van der Waals surface area (Å²) in [5.74, 6) is 0. The molecule has 4 heteroatoms. The molecule has 0 aliphatic heterocycles. The van der Waals surface area contributed by atoms with Crippen LogP contribution in [0.3, 0.4) is 0 Å². The predicted molar refractivity (Wildman–Crippen MR) is 30.0 cm³/mol. The fourth-order valence-corrected chi connectivity index (χ4v) is 0. The first-order valence-corrected chi connectivity index (χ1v) is 1.02. The maximum Gasteiger partial charge on any atom is 0.0402 e. The molecule has 0 bridgehead atoms. The van der Waals surface area contributed by atoms with Crippen LogP contribution in [0.25, 0.3) is 0 Å². The molecule has 1 N–H and O–H groups in total. The van der Waals surface area contributed by atoms with E-state index in [4.69, 9.17) is 5.11 Å². The van der Waals surface area contributed by atoms with Gasteiger partial charge in [0.05, 0.1) is 0 Å². The molecule has 0 rings (SSSR count). The molecule has 6 heavy (non-hydrogen) atoms. The molecule has 0 fully saturated rings. The van der Waals surface area contributed by atoms with E-state index in [1.807, 2.05) is 0 Å². The Labute approximate surface area is 105 Å². The zero-order valence-electron chi connectivity index (χ0n) is 5.15. The van der Waals surface area contributed by atoms with E-state index >= 15 is 0 Å². The number of hydrogen-bond acceptors (Lipinski definition) is 1. The molecule has 3 radical (unpaired) electrons. The second kappa shape index (κ2) is 24.6. The van der Waals surface area contributed by atoms with Crippen molar-refractivity contribution in [2.75, 3.05) is 6.61 Å². The van der Waals surface area contributed by atoms with Gasteiger partial charge in [-0.1, -0.05) is 0 Å². The van der Waals surface area contributed by atoms with Crippen LogP contribution in [0.1, 0.15) is 6.92 Å². The third-order valence-electron chi connectivity index (χ3n) is 0. The van der Waals surface area contributed by atoms with E-state index in [1.54, 1.807) is 6.92 Å². The van der Waals surface area contributed by atoms with Crippen LogP contribution >= 0.6 is 0 Å². The van der Waals surface area contributed by atoms with E-state index in [9.17, 15) is 0 Å². The van der Waals surface area contributed by atoms with Gasteiger partial charge in [0.1, 0.15) is 0 Å². The molecule has 0 aliphatic carbocycles. The summed E-state index contributed by atoms with van der Waals surface area (Å²) in [5, 5.41) is 7.57. The molecule has 0 aliphatic rings. The van der Waals surface area contributed by atoms with Crippen LogP contribution in [0.5, 0.6) is 0 Å². The number of aliphatic hydroxyl groups excluding tert-OH is 1. The van der Waals surface area contributed by atoms with Gasteiger partial charge in [-0.2, -0.15) is 0 Å². The minimum absolute atomic E-state index is 0. The van der Waals surface area contributed by atoms with Crippen LogP contribution in [0.4, 0.5) is 0 Å². The van der Waals surface area contributed by atoms with Crippen LogP contribution in [0.15, 0.2) is 0 Å². The molecular weight excluding hydrogens is 109 g/mol. The quantitative estimate of drug-likeness (QED) is 0.395. The fraction of sp³-hybridized carbons (Fsp3) is 1.00. The Hall–Kier alpha value is 2.96. The topological polar surface area (TPSA) is 20.2 Å². The molecule has 1 nitrogen and oxygen atoms in total. The van der Waals surface area contributed by atoms with Gasteiger partial charge < -0.3 is 5.11 Å². The van der Waals surface area contributed by atoms with Gasteiger partial charge in [0.15, 0.2) is 0 Å². The summed E-state index contributed by atoms with van der Waals surface area (Å²) >= 11 is 0. The Kier molecular flexibility index (Phi) is 94.6. The van der Waals surface area contributed by atoms with Crippen molar-refractivity contribution in [3.63, 3.8) is 0 Å². The standard InChI is InChI=1S/C2H6O.3Na/c1-2-3;;;/h3H,2H2,1H3;;;. The molecule has 0 spiro atoms. The third kappa shape index (κ3) is 28.2. The average Bonchev–Trinajstić information content (AvgIpc) is 0.918. The van der Waals surface area contributed by atoms with E-state index in [0.29, 0.717) is 0 Å². The maximum absolute atomic E-state index is 7.57. The second-order valence-corrected chi connectivity index (χ2v) is 0.316. The minimum Gasteiger partial charge on any atom is -0.397 e. The Morgan fingerprint density at radius 2 is 1.17 bits per heavy atom. The van der Waals surface area contributed by atoms with Gasteiger partial charge in [-0.3, -0.25) is 0 Å². The van der Waals surface area contributed by atoms with E-state index in [2.05, 4.69) is 0 Å². The van der Waals surface area contributed by atoms with Crippen molar-refractivity contribution in [1.82, 2.24) is 0 Å². The molecular formula is C2H6Na3O. The summed E-state index contributed by atoms with van der Waals surface area (Å²) in [4.78, 5) is 0. The molecule has 0 aromatic carbocycles. The van der Waals surface area contributed by atoms with Gasteiger partial charge in [0.2, 0.25) is 0 Å². The summed E-state index contributed by atoms with van der Waals surface area (Å²) in [5.41, 5.74) is 0. The van der Waals surface area contributed by atoms with Gasteiger partial charge in [-0.25, -0.2) is 0 Å². The van der Waals surface area contributed by atoms with Crippen LogP contribution in [0.2, 0.25) is 0 Å². The summed E-state index contributed by atoms with van der Waals surface area (Å²) in [7, 11) is 0. The molecule has 0 amide bonds. The monoisotopic (exact) mass is 115 g/mol. The number of hydrogen-bond donors (Lipinski definition) is 1. The Bertz CT molecular complexity index is 8.75. The summed E-state index contributed by atoms with van der Waals surface area (Å²) in [6, 6.07) is 0. The van der Waals surface area contributed by atoms with Gasteiger partial charge >= 0.3 is 0 Å². The number of rotatable bonds is 0. The van der Waals surface area contributed by atoms with Crippen molar-refractivity contribution in [1.29, 1.82) is 0 Å². The molecule has 0 heterocycles. The number of aliphatic hydroxyl groups is 1. The minimum atomic E-state index is 0. The van der Waals surface area contributed by atoms with Crippen LogP contribution in [0, 0.1) is 0 Å². The van der Waals surface area contributed by atoms with Crippen molar-refractivity contribution in [3.8, 4) is 0 Å².